The third-order valence-corrected chi connectivity index (χ3v) is 2.69. The van der Waals surface area contributed by atoms with Crippen LogP contribution in [-0.2, 0) is 9.63 Å². The number of aryl methyl sites for hydroxylation is 1. The molecular weight excluding hydrogens is 228 g/mol. The van der Waals surface area contributed by atoms with E-state index in [1.54, 1.807) is 11.9 Å². The summed E-state index contributed by atoms with van der Waals surface area (Å²) in [6.45, 7) is 7.69. The number of benzene rings is 1. The molecule has 0 atom stereocenters. The van der Waals surface area contributed by atoms with Gasteiger partial charge in [-0.25, -0.2) is 0 Å². The highest BCUT2D eigenvalue weighted by atomic mass is 16.6. The molecule has 0 N–H and O–H groups in total. The van der Waals surface area contributed by atoms with Gasteiger partial charge in [0.25, 0.3) is 5.91 Å². The molecule has 0 fully saturated rings. The Morgan fingerprint density at radius 3 is 2.56 bits per heavy atom. The number of fused-ring (bicyclic) bond motifs is 1. The van der Waals surface area contributed by atoms with Crippen molar-refractivity contribution in [1.29, 1.82) is 0 Å². The lowest BCUT2D eigenvalue weighted by molar-refractivity contribution is -0.112. The SMILES string of the molecule is Cc1ccc2c(c1)/C(=N\OC(C)(C)C)C(=O)N2C. The van der Waals surface area contributed by atoms with Crippen LogP contribution in [0.3, 0.4) is 0 Å². The average molecular weight is 246 g/mol. The van der Waals surface area contributed by atoms with E-state index in [9.17, 15) is 4.79 Å². The second-order valence-corrected chi connectivity index (χ2v) is 5.53. The molecule has 1 aliphatic rings. The first-order chi connectivity index (χ1) is 8.29. The summed E-state index contributed by atoms with van der Waals surface area (Å²) in [6, 6.07) is 5.87. The van der Waals surface area contributed by atoms with Gasteiger partial charge >= 0.3 is 0 Å². The van der Waals surface area contributed by atoms with Crippen molar-refractivity contribution in [3.8, 4) is 0 Å². The van der Waals surface area contributed by atoms with E-state index < -0.39 is 5.60 Å². The summed E-state index contributed by atoms with van der Waals surface area (Å²) in [4.78, 5) is 19.1. The molecular formula is C14H18N2O2. The summed E-state index contributed by atoms with van der Waals surface area (Å²) in [5.74, 6) is -0.125. The maximum absolute atomic E-state index is 12.1. The number of oxime groups is 1. The van der Waals surface area contributed by atoms with Crippen molar-refractivity contribution in [3.63, 3.8) is 0 Å². The first-order valence-electron chi connectivity index (χ1n) is 5.95. The van der Waals surface area contributed by atoms with Crippen LogP contribution in [0.25, 0.3) is 0 Å². The number of amides is 1. The van der Waals surface area contributed by atoms with E-state index in [4.69, 9.17) is 4.84 Å². The molecule has 0 aliphatic carbocycles. The monoisotopic (exact) mass is 246 g/mol. The molecule has 4 nitrogen and oxygen atoms in total. The summed E-state index contributed by atoms with van der Waals surface area (Å²) >= 11 is 0. The first-order valence-corrected chi connectivity index (χ1v) is 5.95. The van der Waals surface area contributed by atoms with Gasteiger partial charge < -0.3 is 9.74 Å². The third-order valence-electron chi connectivity index (χ3n) is 2.69. The maximum atomic E-state index is 12.1. The molecule has 4 heteroatoms. The Hall–Kier alpha value is -1.84. The Bertz CT molecular complexity index is 527. The van der Waals surface area contributed by atoms with Crippen molar-refractivity contribution in [1.82, 2.24) is 0 Å². The summed E-state index contributed by atoms with van der Waals surface area (Å²) in [6.07, 6.45) is 0. The molecule has 1 aliphatic heterocycles. The molecule has 1 heterocycles. The number of likely N-dealkylation sites (N-methyl/N-ethyl adjacent to an activating group) is 1. The van der Waals surface area contributed by atoms with Crippen molar-refractivity contribution in [2.75, 3.05) is 11.9 Å². The highest BCUT2D eigenvalue weighted by molar-refractivity contribution is 6.54. The standard InChI is InChI=1S/C14H18N2O2/c1-9-6-7-11-10(8-9)12(13(17)16(11)5)15-18-14(2,3)4/h6-8H,1-5H3/b15-12+. The van der Waals surface area contributed by atoms with Gasteiger partial charge in [0.2, 0.25) is 0 Å². The number of hydrogen-bond donors (Lipinski definition) is 0. The molecule has 1 amide bonds. The van der Waals surface area contributed by atoms with Crippen LogP contribution >= 0.6 is 0 Å². The zero-order valence-electron chi connectivity index (χ0n) is 11.4. The third kappa shape index (κ3) is 2.23. The van der Waals surface area contributed by atoms with Crippen LogP contribution in [-0.4, -0.2) is 24.3 Å². The molecule has 0 radical (unpaired) electrons. The normalized spacial score (nSPS) is 17.3. The lowest BCUT2D eigenvalue weighted by Crippen LogP contribution is -2.26. The second kappa shape index (κ2) is 4.12. The van der Waals surface area contributed by atoms with E-state index in [2.05, 4.69) is 5.16 Å². The van der Waals surface area contributed by atoms with Crippen molar-refractivity contribution in [2.45, 2.75) is 33.3 Å². The van der Waals surface area contributed by atoms with E-state index in [0.29, 0.717) is 5.71 Å². The van der Waals surface area contributed by atoms with Crippen molar-refractivity contribution < 1.29 is 9.63 Å². The molecule has 0 aromatic heterocycles. The molecule has 0 saturated carbocycles. The number of carbonyl (C=O) groups excluding carboxylic acids is 1. The fourth-order valence-corrected chi connectivity index (χ4v) is 1.79. The molecule has 2 rings (SSSR count). The highest BCUT2D eigenvalue weighted by Gasteiger charge is 2.32. The van der Waals surface area contributed by atoms with Crippen molar-refractivity contribution in [3.05, 3.63) is 29.3 Å². The zero-order valence-corrected chi connectivity index (χ0v) is 11.4. The quantitative estimate of drug-likeness (QED) is 0.714. The number of rotatable bonds is 1. The van der Waals surface area contributed by atoms with Crippen molar-refractivity contribution >= 4 is 17.3 Å². The van der Waals surface area contributed by atoms with Gasteiger partial charge in [0.05, 0.1) is 5.69 Å². The summed E-state index contributed by atoms with van der Waals surface area (Å²) in [7, 11) is 1.75. The first kappa shape index (κ1) is 12.6. The van der Waals surface area contributed by atoms with E-state index in [1.807, 2.05) is 45.9 Å². The lowest BCUT2D eigenvalue weighted by Gasteiger charge is -2.15. The minimum absolute atomic E-state index is 0.125. The molecule has 18 heavy (non-hydrogen) atoms. The van der Waals surface area contributed by atoms with Crippen molar-refractivity contribution in [2.24, 2.45) is 5.16 Å². The van der Waals surface area contributed by atoms with Gasteiger partial charge in [0.1, 0.15) is 5.60 Å². The van der Waals surface area contributed by atoms with E-state index >= 15 is 0 Å². The van der Waals surface area contributed by atoms with Gasteiger partial charge in [0.15, 0.2) is 5.71 Å². The van der Waals surface area contributed by atoms with Crippen LogP contribution in [0.4, 0.5) is 5.69 Å². The largest absolute Gasteiger partial charge is 0.389 e. The number of nitrogens with zero attached hydrogens (tertiary/aromatic N) is 2. The minimum atomic E-state index is -0.404. The fraction of sp³-hybridized carbons (Fsp3) is 0.429. The summed E-state index contributed by atoms with van der Waals surface area (Å²) in [5.41, 5.74) is 2.79. The van der Waals surface area contributed by atoms with Crippen LogP contribution in [0.1, 0.15) is 31.9 Å². The van der Waals surface area contributed by atoms with Crippen LogP contribution in [0.2, 0.25) is 0 Å². The Kier molecular flexibility index (Phi) is 2.89. The van der Waals surface area contributed by atoms with E-state index in [-0.39, 0.29) is 5.91 Å². The maximum Gasteiger partial charge on any atom is 0.280 e. The fourth-order valence-electron chi connectivity index (χ4n) is 1.79. The van der Waals surface area contributed by atoms with Gasteiger partial charge in [-0.15, -0.1) is 0 Å². The number of hydrogen-bond acceptors (Lipinski definition) is 3. The molecule has 0 saturated heterocycles. The number of carbonyl (C=O) groups is 1. The average Bonchev–Trinajstić information content (AvgIpc) is 2.48. The smallest absolute Gasteiger partial charge is 0.280 e. The van der Waals surface area contributed by atoms with Crippen LogP contribution < -0.4 is 4.90 Å². The molecule has 1 aromatic carbocycles. The molecule has 0 spiro atoms. The minimum Gasteiger partial charge on any atom is -0.389 e. The van der Waals surface area contributed by atoms with E-state index in [0.717, 1.165) is 16.8 Å². The Balaban J connectivity index is 2.45. The molecule has 1 aromatic rings. The Morgan fingerprint density at radius 1 is 1.28 bits per heavy atom. The van der Waals surface area contributed by atoms with Gasteiger partial charge in [-0.05, 0) is 39.8 Å². The summed E-state index contributed by atoms with van der Waals surface area (Å²) < 4.78 is 0. The van der Waals surface area contributed by atoms with Crippen LogP contribution in [0.5, 0.6) is 0 Å². The van der Waals surface area contributed by atoms with Gasteiger partial charge in [-0.3, -0.25) is 4.79 Å². The van der Waals surface area contributed by atoms with Crippen LogP contribution in [0, 0.1) is 6.92 Å². The topological polar surface area (TPSA) is 41.9 Å². The Labute approximate surface area is 107 Å². The predicted molar refractivity (Wildman–Crippen MR) is 72.0 cm³/mol. The second-order valence-electron chi connectivity index (χ2n) is 5.53. The zero-order chi connectivity index (χ0) is 13.5. The Morgan fingerprint density at radius 2 is 1.94 bits per heavy atom. The predicted octanol–water partition coefficient (Wildman–Crippen LogP) is 2.49. The van der Waals surface area contributed by atoms with Gasteiger partial charge in [-0.2, -0.15) is 0 Å². The lowest BCUT2D eigenvalue weighted by atomic mass is 10.1. The molecule has 96 valence electrons. The molecule has 0 unspecified atom stereocenters. The van der Waals surface area contributed by atoms with E-state index in [1.165, 1.54) is 0 Å². The summed E-state index contributed by atoms with van der Waals surface area (Å²) in [5, 5.41) is 4.03. The van der Waals surface area contributed by atoms with Gasteiger partial charge in [0, 0.05) is 12.6 Å². The van der Waals surface area contributed by atoms with Gasteiger partial charge in [-0.1, -0.05) is 16.8 Å². The number of anilines is 1. The highest BCUT2D eigenvalue weighted by Crippen LogP contribution is 2.29. The molecule has 0 bridgehead atoms. The van der Waals surface area contributed by atoms with Crippen LogP contribution in [0.15, 0.2) is 23.4 Å².